The lowest BCUT2D eigenvalue weighted by Crippen LogP contribution is -2.34. The molecule has 0 spiro atoms. The fourth-order valence-electron chi connectivity index (χ4n) is 3.51. The number of phenols is 1. The number of hydrogen-bond donors (Lipinski definition) is 4. The minimum absolute atomic E-state index is 0.0330. The Balaban J connectivity index is 1.70. The summed E-state index contributed by atoms with van der Waals surface area (Å²) in [5.74, 6) is 0.159. The van der Waals surface area contributed by atoms with E-state index in [0.29, 0.717) is 36.5 Å². The predicted molar refractivity (Wildman–Crippen MR) is 120 cm³/mol. The summed E-state index contributed by atoms with van der Waals surface area (Å²) in [6.45, 7) is 6.42. The monoisotopic (exact) mass is 410 g/mol. The second-order valence-electron chi connectivity index (χ2n) is 7.65. The number of hydrogen-bond acceptors (Lipinski definition) is 7. The van der Waals surface area contributed by atoms with Crippen molar-refractivity contribution < 1.29 is 15.3 Å². The number of rotatable bonds is 8. The van der Waals surface area contributed by atoms with E-state index in [1.54, 1.807) is 13.0 Å². The van der Waals surface area contributed by atoms with Gasteiger partial charge in [0.1, 0.15) is 11.5 Å². The lowest BCUT2D eigenvalue weighted by molar-refractivity contribution is 0.0635. The Morgan fingerprint density at radius 3 is 2.63 bits per heavy atom. The number of aromatic hydroxyl groups is 1. The van der Waals surface area contributed by atoms with Gasteiger partial charge in [-0.1, -0.05) is 35.9 Å². The van der Waals surface area contributed by atoms with Crippen molar-refractivity contribution in [2.45, 2.75) is 46.3 Å². The molecule has 0 radical (unpaired) electrons. The Morgan fingerprint density at radius 1 is 1.10 bits per heavy atom. The molecule has 1 aliphatic heterocycles. The zero-order valence-electron chi connectivity index (χ0n) is 17.8. The van der Waals surface area contributed by atoms with Crippen molar-refractivity contribution in [2.75, 3.05) is 18.6 Å². The summed E-state index contributed by atoms with van der Waals surface area (Å²) in [5, 5.41) is 40.1. The van der Waals surface area contributed by atoms with Gasteiger partial charge in [-0.05, 0) is 62.8 Å². The van der Waals surface area contributed by atoms with Gasteiger partial charge in [-0.25, -0.2) is 0 Å². The molecule has 0 amide bonds. The number of aliphatic hydroxyl groups excluding tert-OH is 2. The Labute approximate surface area is 177 Å². The SMILES string of the molecule is CC1=NN(CCCO)C(O)/C1=N\Nc1cccc(CCc2cc(C)ccc2C)c1O. The van der Waals surface area contributed by atoms with E-state index in [1.807, 2.05) is 12.1 Å². The molecule has 3 rings (SSSR count). The fourth-order valence-corrected chi connectivity index (χ4v) is 3.51. The van der Waals surface area contributed by atoms with Crippen molar-refractivity contribution in [2.24, 2.45) is 10.2 Å². The van der Waals surface area contributed by atoms with Gasteiger partial charge in [-0.15, -0.1) is 0 Å². The molecule has 1 heterocycles. The fraction of sp³-hybridized carbons (Fsp3) is 0.391. The molecule has 160 valence electrons. The third-order valence-electron chi connectivity index (χ3n) is 5.31. The Hall–Kier alpha value is -2.90. The van der Waals surface area contributed by atoms with E-state index in [0.717, 1.165) is 12.0 Å². The molecule has 0 saturated heterocycles. The van der Waals surface area contributed by atoms with Gasteiger partial charge < -0.3 is 15.3 Å². The zero-order chi connectivity index (χ0) is 21.7. The van der Waals surface area contributed by atoms with Crippen LogP contribution in [0.15, 0.2) is 46.6 Å². The molecule has 7 nitrogen and oxygen atoms in total. The highest BCUT2D eigenvalue weighted by molar-refractivity contribution is 6.44. The molecular weight excluding hydrogens is 380 g/mol. The third kappa shape index (κ3) is 4.98. The molecular formula is C23H30N4O3. The minimum atomic E-state index is -0.973. The van der Waals surface area contributed by atoms with Crippen molar-refractivity contribution in [1.82, 2.24) is 5.01 Å². The van der Waals surface area contributed by atoms with E-state index in [-0.39, 0.29) is 12.4 Å². The van der Waals surface area contributed by atoms with Crippen molar-refractivity contribution in [1.29, 1.82) is 0 Å². The summed E-state index contributed by atoms with van der Waals surface area (Å²) in [7, 11) is 0. The van der Waals surface area contributed by atoms with Gasteiger partial charge in [0.05, 0.1) is 11.4 Å². The maximum Gasteiger partial charge on any atom is 0.189 e. The number of aryl methyl sites for hydroxylation is 4. The second kappa shape index (κ2) is 9.73. The summed E-state index contributed by atoms with van der Waals surface area (Å²) in [6, 6.07) is 11.9. The molecule has 30 heavy (non-hydrogen) atoms. The van der Waals surface area contributed by atoms with Crippen LogP contribution < -0.4 is 5.43 Å². The topological polar surface area (TPSA) is 101 Å². The van der Waals surface area contributed by atoms with Crippen LogP contribution in [0.2, 0.25) is 0 Å². The van der Waals surface area contributed by atoms with Gasteiger partial charge in [0, 0.05) is 13.2 Å². The van der Waals surface area contributed by atoms with Gasteiger partial charge >= 0.3 is 0 Å². The summed E-state index contributed by atoms with van der Waals surface area (Å²) >= 11 is 0. The number of phenolic OH excluding ortho intramolecular Hbond substituents is 1. The van der Waals surface area contributed by atoms with Crippen molar-refractivity contribution in [3.8, 4) is 5.75 Å². The molecule has 2 aromatic rings. The van der Waals surface area contributed by atoms with Crippen LogP contribution in [-0.4, -0.2) is 51.1 Å². The summed E-state index contributed by atoms with van der Waals surface area (Å²) in [6.07, 6.45) is 1.08. The van der Waals surface area contributed by atoms with Crippen LogP contribution in [0.1, 0.15) is 35.6 Å². The second-order valence-corrected chi connectivity index (χ2v) is 7.65. The van der Waals surface area contributed by atoms with Crippen LogP contribution in [0.5, 0.6) is 5.75 Å². The van der Waals surface area contributed by atoms with Gasteiger partial charge in [-0.2, -0.15) is 10.2 Å². The van der Waals surface area contributed by atoms with Gasteiger partial charge in [0.15, 0.2) is 6.23 Å². The lowest BCUT2D eigenvalue weighted by atomic mass is 9.98. The first-order valence-corrected chi connectivity index (χ1v) is 10.2. The number of anilines is 1. The molecule has 4 N–H and O–H groups in total. The van der Waals surface area contributed by atoms with E-state index < -0.39 is 6.23 Å². The van der Waals surface area contributed by atoms with E-state index >= 15 is 0 Å². The quantitative estimate of drug-likeness (QED) is 0.396. The third-order valence-corrected chi connectivity index (χ3v) is 5.31. The standard InChI is InChI=1S/C23H30N4O3/c1-15-8-9-16(2)19(14-15)11-10-18-6-4-7-20(22(18)29)24-25-21-17(3)26-27(23(21)30)12-5-13-28/h4,6-9,14,23-24,28-30H,5,10-13H2,1-3H3/b25-21-. The van der Waals surface area contributed by atoms with Crippen LogP contribution in [0.4, 0.5) is 5.69 Å². The number of aliphatic hydroxyl groups is 2. The number of nitrogens with zero attached hydrogens (tertiary/aromatic N) is 3. The summed E-state index contributed by atoms with van der Waals surface area (Å²) < 4.78 is 0. The summed E-state index contributed by atoms with van der Waals surface area (Å²) in [4.78, 5) is 0. The first-order chi connectivity index (χ1) is 14.4. The van der Waals surface area contributed by atoms with E-state index in [1.165, 1.54) is 21.7 Å². The summed E-state index contributed by atoms with van der Waals surface area (Å²) in [5.41, 5.74) is 8.93. The van der Waals surface area contributed by atoms with E-state index in [4.69, 9.17) is 5.11 Å². The number of para-hydroxylation sites is 1. The minimum Gasteiger partial charge on any atom is -0.505 e. The van der Waals surface area contributed by atoms with Crippen molar-refractivity contribution >= 4 is 17.1 Å². The number of nitrogens with one attached hydrogen (secondary N) is 1. The first kappa shape index (κ1) is 21.8. The average Bonchev–Trinajstić information content (AvgIpc) is 3.00. The molecule has 0 bridgehead atoms. The number of benzene rings is 2. The lowest BCUT2D eigenvalue weighted by Gasteiger charge is -2.18. The van der Waals surface area contributed by atoms with Gasteiger partial charge in [0.25, 0.3) is 0 Å². The Bertz CT molecular complexity index is 955. The maximum absolute atomic E-state index is 10.7. The highest BCUT2D eigenvalue weighted by atomic mass is 16.3. The van der Waals surface area contributed by atoms with Gasteiger partial charge in [-0.3, -0.25) is 10.4 Å². The van der Waals surface area contributed by atoms with Crippen molar-refractivity contribution in [3.05, 3.63) is 58.7 Å². The Morgan fingerprint density at radius 2 is 1.87 bits per heavy atom. The van der Waals surface area contributed by atoms with E-state index in [2.05, 4.69) is 47.7 Å². The number of hydrazone groups is 2. The molecule has 0 aromatic heterocycles. The van der Waals surface area contributed by atoms with Crippen LogP contribution in [0, 0.1) is 13.8 Å². The molecule has 0 fully saturated rings. The average molecular weight is 411 g/mol. The van der Waals surface area contributed by atoms with Gasteiger partial charge in [0.2, 0.25) is 0 Å². The zero-order valence-corrected chi connectivity index (χ0v) is 17.8. The van der Waals surface area contributed by atoms with Crippen LogP contribution >= 0.6 is 0 Å². The Kier molecular flexibility index (Phi) is 7.07. The smallest absolute Gasteiger partial charge is 0.189 e. The molecule has 0 aliphatic carbocycles. The van der Waals surface area contributed by atoms with Crippen LogP contribution in [0.25, 0.3) is 0 Å². The van der Waals surface area contributed by atoms with Crippen molar-refractivity contribution in [3.63, 3.8) is 0 Å². The molecule has 1 atom stereocenters. The normalized spacial score (nSPS) is 17.5. The van der Waals surface area contributed by atoms with E-state index in [9.17, 15) is 10.2 Å². The molecule has 7 heteroatoms. The highest BCUT2D eigenvalue weighted by Gasteiger charge is 2.29. The largest absolute Gasteiger partial charge is 0.505 e. The molecule has 2 aromatic carbocycles. The highest BCUT2D eigenvalue weighted by Crippen LogP contribution is 2.29. The van der Waals surface area contributed by atoms with Crippen LogP contribution in [0.3, 0.4) is 0 Å². The molecule has 1 aliphatic rings. The van der Waals surface area contributed by atoms with Crippen LogP contribution in [-0.2, 0) is 12.8 Å². The predicted octanol–water partition coefficient (Wildman–Crippen LogP) is 2.95. The molecule has 0 saturated carbocycles. The maximum atomic E-state index is 10.7. The molecule has 1 unspecified atom stereocenters. The first-order valence-electron chi connectivity index (χ1n) is 10.2.